The maximum absolute atomic E-state index is 12.4. The topological polar surface area (TPSA) is 131 Å². The second-order valence-electron chi connectivity index (χ2n) is 8.09. The number of thioether (sulfide) groups is 1. The number of benzene rings is 2. The van der Waals surface area contributed by atoms with Crippen LogP contribution >= 0.6 is 11.8 Å². The van der Waals surface area contributed by atoms with Crippen LogP contribution in [0.3, 0.4) is 0 Å². The van der Waals surface area contributed by atoms with Gasteiger partial charge in [-0.15, -0.1) is 11.8 Å². The molecule has 172 valence electrons. The minimum atomic E-state index is -1.18. The number of aliphatic carboxylic acids is 1. The molecular weight excluding hydrogens is 458 g/mol. The molecule has 34 heavy (non-hydrogen) atoms. The van der Waals surface area contributed by atoms with Gasteiger partial charge in [-0.2, -0.15) is 0 Å². The van der Waals surface area contributed by atoms with Gasteiger partial charge < -0.3 is 20.6 Å². The zero-order valence-electron chi connectivity index (χ0n) is 17.7. The third kappa shape index (κ3) is 3.61. The van der Waals surface area contributed by atoms with Crippen molar-refractivity contribution in [2.24, 2.45) is 0 Å². The molecule has 0 spiro atoms. The summed E-state index contributed by atoms with van der Waals surface area (Å²) in [5.74, 6) is -1.55. The van der Waals surface area contributed by atoms with Crippen molar-refractivity contribution in [2.45, 2.75) is 18.0 Å². The molecule has 1 saturated heterocycles. The number of rotatable bonds is 6. The fourth-order valence-electron chi connectivity index (χ4n) is 4.32. The van der Waals surface area contributed by atoms with Crippen LogP contribution in [-0.2, 0) is 20.9 Å². The quantitative estimate of drug-likeness (QED) is 0.182. The van der Waals surface area contributed by atoms with Gasteiger partial charge in [0.2, 0.25) is 6.41 Å². The molecule has 2 amide bonds. The van der Waals surface area contributed by atoms with E-state index >= 15 is 0 Å². The summed E-state index contributed by atoms with van der Waals surface area (Å²) >= 11 is 1.42. The van der Waals surface area contributed by atoms with Gasteiger partial charge in [0.05, 0.1) is 0 Å². The van der Waals surface area contributed by atoms with Crippen LogP contribution in [0.2, 0.25) is 0 Å². The van der Waals surface area contributed by atoms with Crippen molar-refractivity contribution < 1.29 is 34.3 Å². The molecule has 0 bridgehead atoms. The molecule has 2 aromatic carbocycles. The van der Waals surface area contributed by atoms with Gasteiger partial charge in [0.25, 0.3) is 5.91 Å². The van der Waals surface area contributed by atoms with Crippen molar-refractivity contribution in [1.29, 1.82) is 0 Å². The van der Waals surface area contributed by atoms with Gasteiger partial charge in [-0.25, -0.2) is 9.36 Å². The van der Waals surface area contributed by atoms with E-state index in [0.717, 1.165) is 21.9 Å². The predicted octanol–water partition coefficient (Wildman–Crippen LogP) is 1.41. The Bertz CT molecular complexity index is 1370. The second kappa shape index (κ2) is 8.38. The van der Waals surface area contributed by atoms with E-state index in [2.05, 4.69) is 5.32 Å². The Balaban J connectivity index is 1.40. The summed E-state index contributed by atoms with van der Waals surface area (Å²) < 4.78 is 1.94. The summed E-state index contributed by atoms with van der Waals surface area (Å²) in [7, 11) is 0. The van der Waals surface area contributed by atoms with Gasteiger partial charge in [0.1, 0.15) is 17.1 Å². The van der Waals surface area contributed by atoms with Crippen molar-refractivity contribution >= 4 is 46.4 Å². The van der Waals surface area contributed by atoms with Crippen LogP contribution < -0.4 is 9.88 Å². The number of phenolic OH excluding ortho intramolecular Hbond substituents is 2. The van der Waals surface area contributed by atoms with E-state index in [0.29, 0.717) is 24.3 Å². The van der Waals surface area contributed by atoms with Crippen molar-refractivity contribution in [2.75, 3.05) is 5.75 Å². The van der Waals surface area contributed by atoms with E-state index in [-0.39, 0.29) is 17.2 Å². The lowest BCUT2D eigenvalue weighted by molar-refractivity contribution is -0.687. The number of hydrogen-bond acceptors (Lipinski definition) is 6. The number of aromatic nitrogens is 1. The summed E-state index contributed by atoms with van der Waals surface area (Å²) in [6.07, 6.45) is 4.19. The number of carbonyl (C=O) groups excluding carboxylic acids is 2. The lowest BCUT2D eigenvalue weighted by Gasteiger charge is -2.49. The first-order valence-corrected chi connectivity index (χ1v) is 11.5. The van der Waals surface area contributed by atoms with Gasteiger partial charge >= 0.3 is 5.97 Å². The van der Waals surface area contributed by atoms with Crippen LogP contribution in [0.1, 0.15) is 11.1 Å². The highest BCUT2D eigenvalue weighted by atomic mass is 32.2. The molecule has 3 heterocycles. The average molecular weight is 479 g/mol. The molecule has 9 nitrogen and oxygen atoms in total. The zero-order valence-corrected chi connectivity index (χ0v) is 18.5. The Morgan fingerprint density at radius 1 is 1.15 bits per heavy atom. The maximum Gasteiger partial charge on any atom is 0.352 e. The number of β-lactam (4-membered cyclic amide) rings is 1. The number of aromatic hydroxyl groups is 2. The Kier molecular flexibility index (Phi) is 5.37. The molecule has 2 aliphatic rings. The molecular formula is C24H20N3O6S+. The highest BCUT2D eigenvalue weighted by Gasteiger charge is 2.53. The van der Waals surface area contributed by atoms with E-state index in [9.17, 15) is 29.7 Å². The van der Waals surface area contributed by atoms with E-state index < -0.39 is 23.3 Å². The van der Waals surface area contributed by atoms with Crippen LogP contribution in [-0.4, -0.2) is 55.7 Å². The maximum atomic E-state index is 12.4. The third-order valence-electron chi connectivity index (χ3n) is 6.02. The number of carbonyl (C=O) groups is 3. The summed E-state index contributed by atoms with van der Waals surface area (Å²) in [5, 5.41) is 32.8. The number of phenols is 2. The largest absolute Gasteiger partial charge is 0.504 e. The second-order valence-corrected chi connectivity index (χ2v) is 9.19. The van der Waals surface area contributed by atoms with Crippen LogP contribution in [0.4, 0.5) is 0 Å². The number of amides is 2. The Hall–Kier alpha value is -4.05. The molecule has 3 aromatic rings. The van der Waals surface area contributed by atoms with E-state index in [4.69, 9.17) is 0 Å². The lowest BCUT2D eigenvalue weighted by Crippen LogP contribution is -2.69. The zero-order chi connectivity index (χ0) is 24.0. The number of hydrogen-bond donors (Lipinski definition) is 4. The highest BCUT2D eigenvalue weighted by Crippen LogP contribution is 2.43. The smallest absolute Gasteiger partial charge is 0.352 e. The molecule has 5 rings (SSSR count). The molecule has 2 unspecified atom stereocenters. The monoisotopic (exact) mass is 478 g/mol. The molecule has 1 fully saturated rings. The van der Waals surface area contributed by atoms with E-state index in [1.54, 1.807) is 0 Å². The highest BCUT2D eigenvalue weighted by molar-refractivity contribution is 8.00. The molecule has 2 atom stereocenters. The molecule has 0 aliphatic carbocycles. The lowest BCUT2D eigenvalue weighted by atomic mass is 9.98. The molecule has 0 radical (unpaired) electrons. The van der Waals surface area contributed by atoms with Gasteiger partial charge in [0, 0.05) is 28.3 Å². The average Bonchev–Trinajstić information content (AvgIpc) is 2.83. The van der Waals surface area contributed by atoms with Crippen molar-refractivity contribution in [3.8, 4) is 11.5 Å². The van der Waals surface area contributed by atoms with Crippen LogP contribution in [0.25, 0.3) is 16.3 Å². The number of pyridine rings is 1. The molecule has 10 heteroatoms. The minimum Gasteiger partial charge on any atom is -0.504 e. The number of carboxylic acid groups (broad SMARTS) is 1. The van der Waals surface area contributed by atoms with Gasteiger partial charge in [-0.3, -0.25) is 14.5 Å². The molecule has 4 N–H and O–H groups in total. The minimum absolute atomic E-state index is 0.0441. The SMILES string of the molecule is O=CNC1C(=O)N2C(C(=O)O)=C(c3ccc(C[n+]4ccc5cc(O)c(O)cc5c4)cc3)CSC12. The van der Waals surface area contributed by atoms with Gasteiger partial charge in [-0.05, 0) is 23.1 Å². The summed E-state index contributed by atoms with van der Waals surface area (Å²) in [4.78, 5) is 36.4. The Morgan fingerprint density at radius 3 is 2.53 bits per heavy atom. The standard InChI is InChI=1S/C24H19N3O6S/c28-12-25-20-22(31)27-21(24(32)33)17(11-34-23(20)27)14-3-1-13(2-4-14)9-26-6-5-15-7-18(29)19(30)8-16(15)10-26/h1-8,10,12,20,23H,9,11H2,(H3,25,28,30,32,33)/p+1. The number of fused-ring (bicyclic) bond motifs is 2. The van der Waals surface area contributed by atoms with Gasteiger partial charge in [-0.1, -0.05) is 24.3 Å². The number of nitrogens with zero attached hydrogens (tertiary/aromatic N) is 2. The normalized spacial score (nSPS) is 19.5. The first-order valence-electron chi connectivity index (χ1n) is 10.4. The van der Waals surface area contributed by atoms with E-state index in [1.165, 1.54) is 28.8 Å². The fraction of sp³-hybridized carbons (Fsp3) is 0.167. The molecule has 1 aromatic heterocycles. The van der Waals surface area contributed by atoms with Crippen molar-refractivity contribution in [3.05, 3.63) is 71.7 Å². The van der Waals surface area contributed by atoms with Crippen molar-refractivity contribution in [3.63, 3.8) is 0 Å². The summed E-state index contributed by atoms with van der Waals surface area (Å²) in [6, 6.07) is 11.6. The van der Waals surface area contributed by atoms with Crippen LogP contribution in [0.15, 0.2) is 60.6 Å². The number of carboxylic acids is 1. The van der Waals surface area contributed by atoms with Gasteiger partial charge in [0.15, 0.2) is 30.4 Å². The van der Waals surface area contributed by atoms with Crippen molar-refractivity contribution in [1.82, 2.24) is 10.2 Å². The van der Waals surface area contributed by atoms with E-state index in [1.807, 2.05) is 47.3 Å². The Labute approximate surface area is 197 Å². The predicted molar refractivity (Wildman–Crippen MR) is 124 cm³/mol. The fourth-order valence-corrected chi connectivity index (χ4v) is 5.70. The number of nitrogens with one attached hydrogen (secondary N) is 1. The first kappa shape index (κ1) is 21.8. The first-order chi connectivity index (χ1) is 16.4. The van der Waals surface area contributed by atoms with Crippen LogP contribution in [0.5, 0.6) is 11.5 Å². The molecule has 2 aliphatic heterocycles. The Morgan fingerprint density at radius 2 is 1.85 bits per heavy atom. The summed E-state index contributed by atoms with van der Waals surface area (Å²) in [6.45, 7) is 0.545. The third-order valence-corrected chi connectivity index (χ3v) is 7.30. The summed E-state index contributed by atoms with van der Waals surface area (Å²) in [5.41, 5.74) is 2.21. The van der Waals surface area contributed by atoms with Crippen LogP contribution in [0, 0.1) is 0 Å². The molecule has 0 saturated carbocycles.